The van der Waals surface area contributed by atoms with Gasteiger partial charge in [-0.25, -0.2) is 4.98 Å². The van der Waals surface area contributed by atoms with Crippen LogP contribution in [-0.2, 0) is 0 Å². The van der Waals surface area contributed by atoms with Crippen molar-refractivity contribution in [3.05, 3.63) is 29.0 Å². The SMILES string of the molecule is CCN1CCN(C(=O)c2ccnc(Cl)c2)CC1C. The number of pyridine rings is 1. The van der Waals surface area contributed by atoms with Gasteiger partial charge in [0.05, 0.1) is 0 Å². The molecule has 0 spiro atoms. The zero-order valence-electron chi connectivity index (χ0n) is 10.8. The highest BCUT2D eigenvalue weighted by molar-refractivity contribution is 6.29. The van der Waals surface area contributed by atoms with Crippen LogP contribution < -0.4 is 0 Å². The summed E-state index contributed by atoms with van der Waals surface area (Å²) in [6, 6.07) is 3.75. The summed E-state index contributed by atoms with van der Waals surface area (Å²) >= 11 is 5.81. The van der Waals surface area contributed by atoms with Gasteiger partial charge in [-0.1, -0.05) is 18.5 Å². The van der Waals surface area contributed by atoms with Crippen LogP contribution in [0.1, 0.15) is 24.2 Å². The van der Waals surface area contributed by atoms with Crippen molar-refractivity contribution in [1.29, 1.82) is 0 Å². The average molecular weight is 268 g/mol. The van der Waals surface area contributed by atoms with Gasteiger partial charge in [-0.3, -0.25) is 9.69 Å². The van der Waals surface area contributed by atoms with Crippen molar-refractivity contribution in [2.75, 3.05) is 26.2 Å². The number of carbonyl (C=O) groups is 1. The molecule has 0 aliphatic carbocycles. The van der Waals surface area contributed by atoms with Gasteiger partial charge in [0.2, 0.25) is 0 Å². The van der Waals surface area contributed by atoms with E-state index in [-0.39, 0.29) is 5.91 Å². The van der Waals surface area contributed by atoms with Crippen LogP contribution >= 0.6 is 11.6 Å². The molecule has 1 aliphatic heterocycles. The smallest absolute Gasteiger partial charge is 0.254 e. The molecule has 1 aromatic rings. The minimum Gasteiger partial charge on any atom is -0.336 e. The van der Waals surface area contributed by atoms with Gasteiger partial charge in [-0.15, -0.1) is 0 Å². The number of aromatic nitrogens is 1. The Labute approximate surface area is 113 Å². The van der Waals surface area contributed by atoms with Crippen LogP contribution in [0.5, 0.6) is 0 Å². The van der Waals surface area contributed by atoms with E-state index in [9.17, 15) is 4.79 Å². The van der Waals surface area contributed by atoms with Crippen molar-refractivity contribution in [2.45, 2.75) is 19.9 Å². The minimum atomic E-state index is 0.0434. The number of nitrogens with zero attached hydrogens (tertiary/aromatic N) is 3. The van der Waals surface area contributed by atoms with Crippen LogP contribution in [0.4, 0.5) is 0 Å². The lowest BCUT2D eigenvalue weighted by Crippen LogP contribution is -2.53. The molecule has 0 N–H and O–H groups in total. The van der Waals surface area contributed by atoms with Crippen molar-refractivity contribution in [3.8, 4) is 0 Å². The van der Waals surface area contributed by atoms with Gasteiger partial charge in [-0.2, -0.15) is 0 Å². The fourth-order valence-electron chi connectivity index (χ4n) is 2.37. The molecule has 1 atom stereocenters. The number of amides is 1. The first-order valence-corrected chi connectivity index (χ1v) is 6.64. The number of carbonyl (C=O) groups excluding carboxylic acids is 1. The molecule has 0 bridgehead atoms. The van der Waals surface area contributed by atoms with E-state index >= 15 is 0 Å². The molecule has 1 fully saturated rings. The molecule has 98 valence electrons. The average Bonchev–Trinajstić information content (AvgIpc) is 2.37. The van der Waals surface area contributed by atoms with E-state index < -0.39 is 0 Å². The summed E-state index contributed by atoms with van der Waals surface area (Å²) in [6.45, 7) is 7.81. The van der Waals surface area contributed by atoms with Crippen LogP contribution in [0.25, 0.3) is 0 Å². The molecule has 1 unspecified atom stereocenters. The van der Waals surface area contributed by atoms with Crippen molar-refractivity contribution in [3.63, 3.8) is 0 Å². The van der Waals surface area contributed by atoms with Gasteiger partial charge >= 0.3 is 0 Å². The number of halogens is 1. The Balaban J connectivity index is 2.07. The van der Waals surface area contributed by atoms with Gasteiger partial charge in [0.1, 0.15) is 5.15 Å². The van der Waals surface area contributed by atoms with Crippen LogP contribution in [0.3, 0.4) is 0 Å². The fourth-order valence-corrected chi connectivity index (χ4v) is 2.54. The summed E-state index contributed by atoms with van der Waals surface area (Å²) in [5.41, 5.74) is 0.618. The van der Waals surface area contributed by atoms with Crippen molar-refractivity contribution in [2.24, 2.45) is 0 Å². The van der Waals surface area contributed by atoms with E-state index in [1.54, 1.807) is 18.3 Å². The molecule has 1 amide bonds. The predicted octanol–water partition coefficient (Wildman–Crippen LogP) is 1.90. The molecule has 18 heavy (non-hydrogen) atoms. The topological polar surface area (TPSA) is 36.4 Å². The van der Waals surface area contributed by atoms with Gasteiger partial charge < -0.3 is 4.90 Å². The fraction of sp³-hybridized carbons (Fsp3) is 0.538. The Morgan fingerprint density at radius 3 is 2.94 bits per heavy atom. The number of likely N-dealkylation sites (N-methyl/N-ethyl adjacent to an activating group) is 1. The van der Waals surface area contributed by atoms with Crippen LogP contribution in [-0.4, -0.2) is 52.9 Å². The summed E-state index contributed by atoms with van der Waals surface area (Å²) < 4.78 is 0. The molecule has 4 nitrogen and oxygen atoms in total. The molecule has 5 heteroatoms. The quantitative estimate of drug-likeness (QED) is 0.768. The summed E-state index contributed by atoms with van der Waals surface area (Å²) in [5, 5.41) is 0.362. The Morgan fingerprint density at radius 2 is 2.33 bits per heavy atom. The lowest BCUT2D eigenvalue weighted by molar-refractivity contribution is 0.0528. The zero-order valence-corrected chi connectivity index (χ0v) is 11.5. The molecule has 1 saturated heterocycles. The second kappa shape index (κ2) is 5.67. The van der Waals surface area contributed by atoms with Gasteiger partial charge in [-0.05, 0) is 25.6 Å². The van der Waals surface area contributed by atoms with Crippen LogP contribution in [0.15, 0.2) is 18.3 Å². The lowest BCUT2D eigenvalue weighted by Gasteiger charge is -2.39. The second-order valence-electron chi connectivity index (χ2n) is 4.60. The molecule has 0 aromatic carbocycles. The minimum absolute atomic E-state index is 0.0434. The first kappa shape index (κ1) is 13.3. The van der Waals surface area contributed by atoms with E-state index in [1.165, 1.54) is 0 Å². The van der Waals surface area contributed by atoms with E-state index in [0.717, 1.165) is 26.2 Å². The third-order valence-corrected chi connectivity index (χ3v) is 3.64. The highest BCUT2D eigenvalue weighted by atomic mass is 35.5. The van der Waals surface area contributed by atoms with Crippen molar-refractivity contribution < 1.29 is 4.79 Å². The zero-order chi connectivity index (χ0) is 13.1. The number of hydrogen-bond acceptors (Lipinski definition) is 3. The Hall–Kier alpha value is -1.13. The number of hydrogen-bond donors (Lipinski definition) is 0. The molecule has 2 heterocycles. The first-order chi connectivity index (χ1) is 8.61. The maximum Gasteiger partial charge on any atom is 0.254 e. The normalized spacial score (nSPS) is 21.1. The monoisotopic (exact) mass is 267 g/mol. The number of piperazine rings is 1. The Kier molecular flexibility index (Phi) is 4.19. The predicted molar refractivity (Wildman–Crippen MR) is 71.9 cm³/mol. The van der Waals surface area contributed by atoms with Crippen molar-refractivity contribution >= 4 is 17.5 Å². The first-order valence-electron chi connectivity index (χ1n) is 6.26. The number of rotatable bonds is 2. The highest BCUT2D eigenvalue weighted by Gasteiger charge is 2.26. The summed E-state index contributed by atoms with van der Waals surface area (Å²) in [6.07, 6.45) is 1.57. The van der Waals surface area contributed by atoms with E-state index in [4.69, 9.17) is 11.6 Å². The largest absolute Gasteiger partial charge is 0.336 e. The highest BCUT2D eigenvalue weighted by Crippen LogP contribution is 2.14. The van der Waals surface area contributed by atoms with Crippen LogP contribution in [0, 0.1) is 0 Å². The summed E-state index contributed by atoms with van der Waals surface area (Å²) in [7, 11) is 0. The van der Waals surface area contributed by atoms with Gasteiger partial charge in [0.25, 0.3) is 5.91 Å². The second-order valence-corrected chi connectivity index (χ2v) is 4.98. The van der Waals surface area contributed by atoms with E-state index in [1.807, 2.05) is 4.90 Å². The molecule has 0 radical (unpaired) electrons. The maximum atomic E-state index is 12.3. The Morgan fingerprint density at radius 1 is 1.56 bits per heavy atom. The van der Waals surface area contributed by atoms with Crippen molar-refractivity contribution in [1.82, 2.24) is 14.8 Å². The maximum absolute atomic E-state index is 12.3. The van der Waals surface area contributed by atoms with Gasteiger partial charge in [0.15, 0.2) is 0 Å². The molecule has 1 aliphatic rings. The standard InChI is InChI=1S/C13H18ClN3O/c1-3-16-6-7-17(9-10(16)2)13(18)11-4-5-15-12(14)8-11/h4-5,8,10H,3,6-7,9H2,1-2H3. The molecular formula is C13H18ClN3O. The molecular weight excluding hydrogens is 250 g/mol. The lowest BCUT2D eigenvalue weighted by atomic mass is 10.1. The summed E-state index contributed by atoms with van der Waals surface area (Å²) in [5.74, 6) is 0.0434. The van der Waals surface area contributed by atoms with E-state index in [2.05, 4.69) is 23.7 Å². The molecule has 2 rings (SSSR count). The van der Waals surface area contributed by atoms with E-state index in [0.29, 0.717) is 16.8 Å². The van der Waals surface area contributed by atoms with Gasteiger partial charge in [0, 0.05) is 37.4 Å². The van der Waals surface area contributed by atoms with Crippen LogP contribution in [0.2, 0.25) is 5.15 Å². The summed E-state index contributed by atoms with van der Waals surface area (Å²) in [4.78, 5) is 20.5. The molecule has 1 aromatic heterocycles. The third-order valence-electron chi connectivity index (χ3n) is 3.43. The molecule has 0 saturated carbocycles. The Bertz CT molecular complexity index is 438. The third kappa shape index (κ3) is 2.82.